The number of urea groups is 1. The van der Waals surface area contributed by atoms with E-state index in [1.807, 2.05) is 0 Å². The first-order valence-electron chi connectivity index (χ1n) is 12.0. The Morgan fingerprint density at radius 2 is 1.78 bits per heavy atom. The van der Waals surface area contributed by atoms with E-state index in [9.17, 15) is 31.2 Å². The van der Waals surface area contributed by atoms with Gasteiger partial charge in [0, 0.05) is 18.8 Å². The molecule has 1 atom stereocenters. The van der Waals surface area contributed by atoms with Crippen LogP contribution in [0.15, 0.2) is 42.6 Å². The molecular weight excluding hydrogens is 509 g/mol. The van der Waals surface area contributed by atoms with Crippen LogP contribution in [0.2, 0.25) is 0 Å². The van der Waals surface area contributed by atoms with E-state index >= 15 is 0 Å². The van der Waals surface area contributed by atoms with Crippen molar-refractivity contribution in [3.63, 3.8) is 0 Å². The van der Waals surface area contributed by atoms with E-state index in [0.717, 1.165) is 4.90 Å². The van der Waals surface area contributed by atoms with Gasteiger partial charge < -0.3 is 10.2 Å². The summed E-state index contributed by atoms with van der Waals surface area (Å²) in [6, 6.07) is 8.06. The number of nitrogens with zero attached hydrogens (tertiary/aromatic N) is 3. The molecule has 3 aliphatic rings. The van der Waals surface area contributed by atoms with Crippen LogP contribution in [0.1, 0.15) is 44.2 Å². The van der Waals surface area contributed by atoms with Crippen molar-refractivity contribution in [2.75, 3.05) is 21.7 Å². The lowest BCUT2D eigenvalue weighted by atomic mass is 9.95. The van der Waals surface area contributed by atoms with Gasteiger partial charge in [-0.1, -0.05) is 12.1 Å². The van der Waals surface area contributed by atoms with Crippen LogP contribution in [0.4, 0.5) is 29.5 Å². The van der Waals surface area contributed by atoms with E-state index in [0.29, 0.717) is 17.8 Å². The van der Waals surface area contributed by atoms with Gasteiger partial charge in [0.25, 0.3) is 5.91 Å². The van der Waals surface area contributed by atoms with Crippen molar-refractivity contribution >= 4 is 33.3 Å². The molecular formula is C25H27F3N4O4S. The molecule has 12 heteroatoms. The van der Waals surface area contributed by atoms with Gasteiger partial charge in [-0.2, -0.15) is 13.2 Å². The minimum Gasteiger partial charge on any atom is -0.366 e. The highest BCUT2D eigenvalue weighted by Crippen LogP contribution is 2.59. The maximum absolute atomic E-state index is 13.5. The third-order valence-electron chi connectivity index (χ3n) is 7.54. The molecule has 3 heterocycles. The first-order valence-corrected chi connectivity index (χ1v) is 13.8. The normalized spacial score (nSPS) is 24.0. The molecule has 198 valence electrons. The lowest BCUT2D eigenvalue weighted by Crippen LogP contribution is -2.43. The van der Waals surface area contributed by atoms with Crippen LogP contribution in [0.5, 0.6) is 0 Å². The average Bonchev–Trinajstić information content (AvgIpc) is 3.54. The molecule has 8 nitrogen and oxygen atoms in total. The summed E-state index contributed by atoms with van der Waals surface area (Å²) < 4.78 is 63.9. The minimum absolute atomic E-state index is 0.0254. The fourth-order valence-corrected chi connectivity index (χ4v) is 6.74. The summed E-state index contributed by atoms with van der Waals surface area (Å²) >= 11 is 0. The summed E-state index contributed by atoms with van der Waals surface area (Å²) in [6.07, 6.45) is -2.27. The number of alkyl halides is 3. The van der Waals surface area contributed by atoms with Gasteiger partial charge in [-0.3, -0.25) is 4.79 Å². The van der Waals surface area contributed by atoms with Crippen LogP contribution >= 0.6 is 0 Å². The highest BCUT2D eigenvalue weighted by atomic mass is 32.2. The molecule has 3 fully saturated rings. The average molecular weight is 537 g/mol. The number of amides is 3. The first kappa shape index (κ1) is 25.5. The highest BCUT2D eigenvalue weighted by Gasteiger charge is 2.64. The standard InChI is InChI=1S/C25H27F3N4O4S/c1-23(2)21(33)32(19-5-3-17(4-6-19)24(9-10-24)25(26,27)28)22(34)31(23)14-16-7-11-29-20(13-16)30-18-8-12-37(35,36)15-18/h3-7,11,13,18H,8-10,12,14-15H2,1-2H3,(H,29,30). The number of rotatable bonds is 6. The van der Waals surface area contributed by atoms with Gasteiger partial charge in [-0.05, 0) is 68.5 Å². The molecule has 1 aromatic carbocycles. The zero-order chi connectivity index (χ0) is 26.8. The number of halogens is 3. The molecule has 1 aliphatic carbocycles. The van der Waals surface area contributed by atoms with Gasteiger partial charge in [-0.25, -0.2) is 23.1 Å². The SMILES string of the molecule is CC1(C)C(=O)N(c2ccc(C3(C(F)(F)F)CC3)cc2)C(=O)N1Cc1ccnc(NC2CCS(=O)(=O)C2)c1. The Morgan fingerprint density at radius 3 is 2.35 bits per heavy atom. The molecule has 1 aromatic heterocycles. The van der Waals surface area contributed by atoms with Crippen LogP contribution in [-0.2, 0) is 26.6 Å². The molecule has 1 unspecified atom stereocenters. The van der Waals surface area contributed by atoms with Crippen molar-refractivity contribution in [2.24, 2.45) is 0 Å². The number of carbonyl (C=O) groups excluding carboxylic acids is 2. The summed E-state index contributed by atoms with van der Waals surface area (Å²) in [5, 5.41) is 3.12. The molecule has 2 saturated heterocycles. The zero-order valence-corrected chi connectivity index (χ0v) is 21.2. The number of imide groups is 1. The molecule has 0 radical (unpaired) electrons. The second-order valence-corrected chi connectivity index (χ2v) is 12.7. The number of aromatic nitrogens is 1. The Morgan fingerprint density at radius 1 is 1.11 bits per heavy atom. The quantitative estimate of drug-likeness (QED) is 0.560. The van der Waals surface area contributed by atoms with E-state index < -0.39 is 38.9 Å². The van der Waals surface area contributed by atoms with Crippen LogP contribution in [0, 0.1) is 0 Å². The number of carbonyl (C=O) groups is 2. The third-order valence-corrected chi connectivity index (χ3v) is 9.31. The van der Waals surface area contributed by atoms with Gasteiger partial charge in [0.2, 0.25) is 0 Å². The van der Waals surface area contributed by atoms with Crippen LogP contribution < -0.4 is 10.2 Å². The number of anilines is 2. The second kappa shape index (κ2) is 8.44. The summed E-state index contributed by atoms with van der Waals surface area (Å²) in [4.78, 5) is 33.3. The van der Waals surface area contributed by atoms with Crippen LogP contribution in [-0.4, -0.2) is 59.5 Å². The molecule has 1 N–H and O–H groups in total. The van der Waals surface area contributed by atoms with Gasteiger partial charge in [0.15, 0.2) is 9.84 Å². The number of hydrogen-bond donors (Lipinski definition) is 1. The Balaban J connectivity index is 1.34. The van der Waals surface area contributed by atoms with Crippen LogP contribution in [0.3, 0.4) is 0 Å². The molecule has 0 spiro atoms. The minimum atomic E-state index is -4.35. The molecule has 3 amide bonds. The lowest BCUT2D eigenvalue weighted by molar-refractivity contribution is -0.160. The van der Waals surface area contributed by atoms with Gasteiger partial charge in [0.1, 0.15) is 11.4 Å². The van der Waals surface area contributed by atoms with Crippen molar-refractivity contribution < 1.29 is 31.2 Å². The fraction of sp³-hybridized carbons (Fsp3) is 0.480. The largest absolute Gasteiger partial charge is 0.398 e. The second-order valence-electron chi connectivity index (χ2n) is 10.5. The number of benzene rings is 1. The number of sulfone groups is 1. The van der Waals surface area contributed by atoms with Gasteiger partial charge >= 0.3 is 12.2 Å². The van der Waals surface area contributed by atoms with Gasteiger partial charge in [-0.15, -0.1) is 0 Å². The molecule has 5 rings (SSSR count). The topological polar surface area (TPSA) is 99.7 Å². The zero-order valence-electron chi connectivity index (χ0n) is 20.4. The molecule has 2 aliphatic heterocycles. The summed E-state index contributed by atoms with van der Waals surface area (Å²) in [5.74, 6) is 0.145. The number of pyridine rings is 1. The molecule has 37 heavy (non-hydrogen) atoms. The van der Waals surface area contributed by atoms with E-state index in [1.54, 1.807) is 32.2 Å². The Hall–Kier alpha value is -3.15. The predicted molar refractivity (Wildman–Crippen MR) is 131 cm³/mol. The van der Waals surface area contributed by atoms with E-state index in [1.165, 1.54) is 29.2 Å². The van der Waals surface area contributed by atoms with Crippen molar-refractivity contribution in [1.29, 1.82) is 0 Å². The summed E-state index contributed by atoms with van der Waals surface area (Å²) in [6.45, 7) is 3.33. The maximum atomic E-state index is 13.5. The Kier molecular flexibility index (Phi) is 5.81. The smallest absolute Gasteiger partial charge is 0.366 e. The Labute approximate surface area is 212 Å². The number of hydrogen-bond acceptors (Lipinski definition) is 6. The first-order chi connectivity index (χ1) is 17.2. The van der Waals surface area contributed by atoms with E-state index in [-0.39, 0.29) is 48.2 Å². The monoisotopic (exact) mass is 536 g/mol. The summed E-state index contributed by atoms with van der Waals surface area (Å²) in [5.41, 5.74) is -2.01. The molecule has 0 bridgehead atoms. The van der Waals surface area contributed by atoms with Crippen LogP contribution in [0.25, 0.3) is 0 Å². The number of nitrogens with one attached hydrogen (secondary N) is 1. The Bertz CT molecular complexity index is 1350. The van der Waals surface area contributed by atoms with Crippen molar-refractivity contribution in [1.82, 2.24) is 9.88 Å². The van der Waals surface area contributed by atoms with E-state index in [2.05, 4.69) is 10.3 Å². The van der Waals surface area contributed by atoms with E-state index in [4.69, 9.17) is 0 Å². The van der Waals surface area contributed by atoms with Crippen molar-refractivity contribution in [3.8, 4) is 0 Å². The summed E-state index contributed by atoms with van der Waals surface area (Å²) in [7, 11) is -3.06. The maximum Gasteiger partial charge on any atom is 0.398 e. The van der Waals surface area contributed by atoms with Crippen molar-refractivity contribution in [2.45, 2.75) is 62.8 Å². The molecule has 1 saturated carbocycles. The lowest BCUT2D eigenvalue weighted by Gasteiger charge is -2.28. The fourth-order valence-electron chi connectivity index (χ4n) is 5.07. The predicted octanol–water partition coefficient (Wildman–Crippen LogP) is 4.02. The van der Waals surface area contributed by atoms with Crippen molar-refractivity contribution in [3.05, 3.63) is 53.7 Å². The molecule has 2 aromatic rings. The van der Waals surface area contributed by atoms with Gasteiger partial charge in [0.05, 0.1) is 22.6 Å². The third kappa shape index (κ3) is 4.45. The highest BCUT2D eigenvalue weighted by molar-refractivity contribution is 7.91.